The van der Waals surface area contributed by atoms with E-state index < -0.39 is 47.0 Å². The Morgan fingerprint density at radius 1 is 0.587 bits per heavy atom. The number of nitrogens with zero attached hydrogens (tertiary/aromatic N) is 2. The Morgan fingerprint density at radius 2 is 1.04 bits per heavy atom. The molecule has 234 valence electrons. The van der Waals surface area contributed by atoms with Crippen molar-refractivity contribution in [2.75, 3.05) is 0 Å². The zero-order valence-electron chi connectivity index (χ0n) is 24.1. The monoisotopic (exact) mass is 652 g/mol. The third-order valence-electron chi connectivity index (χ3n) is 8.10. The molecule has 0 atom stereocenters. The second-order valence-electron chi connectivity index (χ2n) is 10.8. The van der Waals surface area contributed by atoms with E-state index in [1.807, 2.05) is 0 Å². The van der Waals surface area contributed by atoms with Gasteiger partial charge in [0.05, 0.1) is 27.5 Å². The largest absolute Gasteiger partial charge is 0.416 e. The van der Waals surface area contributed by atoms with E-state index in [1.165, 1.54) is 38.4 Å². The SMILES string of the molecule is Cn1c(=O)cc(-c2c(P(=O)(c3ccccc3)c3ccccc3)c(=O)n(C)c3ccc(C(F)(F)F)cc23)c2cc(C(F)(F)F)ccc21. The molecule has 0 aliphatic rings. The van der Waals surface area contributed by atoms with Gasteiger partial charge in [0.2, 0.25) is 0 Å². The van der Waals surface area contributed by atoms with Gasteiger partial charge in [0.25, 0.3) is 11.1 Å². The average Bonchev–Trinajstić information content (AvgIpc) is 3.03. The molecule has 0 amide bonds. The average molecular weight is 653 g/mol. The van der Waals surface area contributed by atoms with E-state index in [-0.39, 0.29) is 43.5 Å². The lowest BCUT2D eigenvalue weighted by Crippen LogP contribution is -2.40. The van der Waals surface area contributed by atoms with Crippen molar-refractivity contribution in [3.63, 3.8) is 0 Å². The molecule has 0 saturated heterocycles. The molecule has 0 aliphatic heterocycles. The van der Waals surface area contributed by atoms with Crippen LogP contribution in [0.1, 0.15) is 11.1 Å². The normalized spacial score (nSPS) is 12.6. The van der Waals surface area contributed by atoms with Gasteiger partial charge in [0, 0.05) is 47.1 Å². The maximum Gasteiger partial charge on any atom is 0.416 e. The highest BCUT2D eigenvalue weighted by molar-refractivity contribution is 7.85. The summed E-state index contributed by atoms with van der Waals surface area (Å²) in [5.41, 5.74) is -4.30. The molecule has 0 spiro atoms. The fourth-order valence-corrected chi connectivity index (χ4v) is 8.77. The van der Waals surface area contributed by atoms with Crippen molar-refractivity contribution < 1.29 is 30.9 Å². The number of hydrogen-bond donors (Lipinski definition) is 0. The van der Waals surface area contributed by atoms with Crippen LogP contribution < -0.4 is 27.0 Å². The van der Waals surface area contributed by atoms with Gasteiger partial charge in [0.1, 0.15) is 0 Å². The lowest BCUT2D eigenvalue weighted by atomic mass is 9.95. The van der Waals surface area contributed by atoms with Crippen molar-refractivity contribution in [1.29, 1.82) is 0 Å². The Hall–Kier alpha value is -4.89. The van der Waals surface area contributed by atoms with Gasteiger partial charge in [-0.3, -0.25) is 9.59 Å². The molecule has 4 aromatic carbocycles. The van der Waals surface area contributed by atoms with Gasteiger partial charge >= 0.3 is 12.4 Å². The topological polar surface area (TPSA) is 61.1 Å². The molecule has 0 unspecified atom stereocenters. The van der Waals surface area contributed by atoms with Gasteiger partial charge < -0.3 is 13.7 Å². The first kappa shape index (κ1) is 31.1. The predicted octanol–water partition coefficient (Wildman–Crippen LogP) is 6.73. The quantitative estimate of drug-likeness (QED) is 0.157. The summed E-state index contributed by atoms with van der Waals surface area (Å²) in [7, 11) is -1.65. The molecule has 2 aromatic heterocycles. The first-order valence-electron chi connectivity index (χ1n) is 13.8. The summed E-state index contributed by atoms with van der Waals surface area (Å²) in [6.45, 7) is 0. The summed E-state index contributed by atoms with van der Waals surface area (Å²) < 4.78 is 102. The van der Waals surface area contributed by atoms with Crippen LogP contribution in [-0.4, -0.2) is 9.13 Å². The number of aryl methyl sites for hydroxylation is 2. The molecule has 0 aliphatic carbocycles. The van der Waals surface area contributed by atoms with Gasteiger partial charge in [-0.25, -0.2) is 0 Å². The minimum Gasteiger partial charge on any atom is -0.311 e. The Bertz CT molecular complexity index is 2280. The van der Waals surface area contributed by atoms with Gasteiger partial charge in [-0.15, -0.1) is 0 Å². The van der Waals surface area contributed by atoms with E-state index in [2.05, 4.69) is 0 Å². The van der Waals surface area contributed by atoms with Crippen LogP contribution in [-0.2, 0) is 31.0 Å². The number of alkyl halides is 6. The van der Waals surface area contributed by atoms with Gasteiger partial charge in [-0.1, -0.05) is 60.7 Å². The van der Waals surface area contributed by atoms with E-state index in [4.69, 9.17) is 0 Å². The van der Waals surface area contributed by atoms with E-state index in [0.29, 0.717) is 0 Å². The summed E-state index contributed by atoms with van der Waals surface area (Å²) >= 11 is 0. The molecular formula is C34H23F6N2O3P. The number of halogens is 6. The summed E-state index contributed by atoms with van der Waals surface area (Å²) in [4.78, 5) is 27.8. The molecule has 5 nitrogen and oxygen atoms in total. The first-order chi connectivity index (χ1) is 21.6. The Morgan fingerprint density at radius 3 is 1.52 bits per heavy atom. The molecular weight excluding hydrogens is 629 g/mol. The molecule has 46 heavy (non-hydrogen) atoms. The number of hydrogen-bond acceptors (Lipinski definition) is 3. The molecule has 0 fully saturated rings. The van der Waals surface area contributed by atoms with Crippen LogP contribution in [0.4, 0.5) is 26.3 Å². The standard InChI is InChI=1S/C34H23F6N2O3P/c1-41-27-15-13-20(33(35,36)37)17-24(27)25(19-29(41)43)30-26-18-21(34(38,39)40)14-16-28(26)42(2)32(44)31(30)46(45,22-9-5-3-6-10-22)23-11-7-4-8-12-23/h3-19H,1-2H3. The number of pyridine rings is 2. The zero-order valence-corrected chi connectivity index (χ0v) is 25.0. The highest BCUT2D eigenvalue weighted by atomic mass is 31.2. The number of benzene rings is 4. The van der Waals surface area contributed by atoms with Crippen LogP contribution in [0.2, 0.25) is 0 Å². The molecule has 0 N–H and O–H groups in total. The van der Waals surface area contributed by atoms with Crippen LogP contribution in [0.5, 0.6) is 0 Å². The Kier molecular flexibility index (Phi) is 7.35. The van der Waals surface area contributed by atoms with Crippen LogP contribution in [0, 0.1) is 0 Å². The predicted molar refractivity (Wildman–Crippen MR) is 167 cm³/mol. The van der Waals surface area contributed by atoms with Crippen LogP contribution in [0.15, 0.2) is 113 Å². The van der Waals surface area contributed by atoms with Gasteiger partial charge in [-0.05, 0) is 42.0 Å². The third kappa shape index (κ3) is 4.95. The minimum absolute atomic E-state index is 0.00905. The number of rotatable bonds is 4. The van der Waals surface area contributed by atoms with Crippen molar-refractivity contribution >= 4 is 44.9 Å². The molecule has 6 rings (SSSR count). The number of fused-ring (bicyclic) bond motifs is 2. The highest BCUT2D eigenvalue weighted by Gasteiger charge is 2.39. The third-order valence-corrected chi connectivity index (χ3v) is 11.2. The fraction of sp³-hybridized carbons (Fsp3) is 0.118. The highest BCUT2D eigenvalue weighted by Crippen LogP contribution is 2.47. The summed E-state index contributed by atoms with van der Waals surface area (Å²) in [5.74, 6) is 0. The molecule has 0 saturated carbocycles. The summed E-state index contributed by atoms with van der Waals surface area (Å²) in [5, 5.41) is -0.500. The van der Waals surface area contributed by atoms with E-state index in [9.17, 15) is 35.9 Å². The van der Waals surface area contributed by atoms with E-state index >= 15 is 4.57 Å². The maximum atomic E-state index is 15.7. The van der Waals surface area contributed by atoms with Crippen molar-refractivity contribution in [3.8, 4) is 11.1 Å². The first-order valence-corrected chi connectivity index (χ1v) is 15.5. The van der Waals surface area contributed by atoms with Gasteiger partial charge in [-0.2, -0.15) is 26.3 Å². The lowest BCUT2D eigenvalue weighted by Gasteiger charge is -2.25. The van der Waals surface area contributed by atoms with E-state index in [1.54, 1.807) is 36.4 Å². The summed E-state index contributed by atoms with van der Waals surface area (Å²) in [6, 6.07) is 21.9. The van der Waals surface area contributed by atoms with Crippen molar-refractivity contribution in [2.45, 2.75) is 12.4 Å². The van der Waals surface area contributed by atoms with Gasteiger partial charge in [0.15, 0.2) is 7.14 Å². The van der Waals surface area contributed by atoms with Crippen LogP contribution in [0.3, 0.4) is 0 Å². The molecule has 6 aromatic rings. The molecule has 0 bridgehead atoms. The second-order valence-corrected chi connectivity index (χ2v) is 13.5. The molecule has 2 heterocycles. The van der Waals surface area contributed by atoms with E-state index in [0.717, 1.165) is 51.6 Å². The minimum atomic E-state index is -4.85. The Labute approximate surface area is 257 Å². The smallest absolute Gasteiger partial charge is 0.311 e. The van der Waals surface area contributed by atoms with Crippen molar-refractivity contribution in [3.05, 3.63) is 135 Å². The molecule has 12 heteroatoms. The molecule has 0 radical (unpaired) electrons. The second kappa shape index (κ2) is 10.9. The van der Waals surface area contributed by atoms with Crippen molar-refractivity contribution in [2.24, 2.45) is 14.1 Å². The summed E-state index contributed by atoms with van der Waals surface area (Å²) in [6.07, 6.45) is -9.66. The van der Waals surface area contributed by atoms with Crippen LogP contribution in [0.25, 0.3) is 32.9 Å². The van der Waals surface area contributed by atoms with Crippen LogP contribution >= 0.6 is 7.14 Å². The number of aromatic nitrogens is 2. The lowest BCUT2D eigenvalue weighted by molar-refractivity contribution is -0.138. The zero-order chi connectivity index (χ0) is 33.2. The maximum absolute atomic E-state index is 15.7. The Balaban J connectivity index is 1.94. The fourth-order valence-electron chi connectivity index (χ4n) is 5.80. The van der Waals surface area contributed by atoms with Crippen molar-refractivity contribution in [1.82, 2.24) is 9.13 Å².